The molecule has 0 aliphatic carbocycles. The number of hydrogen-bond acceptors (Lipinski definition) is 4. The molecule has 1 aromatic carbocycles. The molecule has 0 unspecified atom stereocenters. The Labute approximate surface area is 107 Å². The zero-order valence-electron chi connectivity index (χ0n) is 11.1. The van der Waals surface area contributed by atoms with Crippen LogP contribution in [0, 0.1) is 6.92 Å². The van der Waals surface area contributed by atoms with Crippen LogP contribution in [-0.4, -0.2) is 33.2 Å². The second-order valence-corrected chi connectivity index (χ2v) is 4.02. The molecule has 0 spiro atoms. The van der Waals surface area contributed by atoms with Crippen LogP contribution >= 0.6 is 0 Å². The van der Waals surface area contributed by atoms with Crippen molar-refractivity contribution >= 4 is 5.91 Å². The summed E-state index contributed by atoms with van der Waals surface area (Å²) in [4.78, 5) is 10.6. The molecule has 0 atom stereocenters. The van der Waals surface area contributed by atoms with Gasteiger partial charge >= 0.3 is 0 Å². The summed E-state index contributed by atoms with van der Waals surface area (Å²) < 4.78 is 10.5. The number of benzene rings is 1. The van der Waals surface area contributed by atoms with Crippen molar-refractivity contribution in [2.45, 2.75) is 13.3 Å². The number of hydrogen-bond donors (Lipinski definition) is 2. The molecular weight excluding hydrogens is 232 g/mol. The number of rotatable bonds is 7. The number of carbonyl (C=O) groups is 1. The lowest BCUT2D eigenvalue weighted by Gasteiger charge is -2.13. The van der Waals surface area contributed by atoms with Crippen LogP contribution in [0.25, 0.3) is 0 Å². The maximum atomic E-state index is 10.6. The number of primary amides is 1. The standard InChI is InChI=1S/C13H20N2O3/c1-9-6-10(17-2)7-12(18-3)11(9)4-5-15-8-13(14)16/h6-7,15H,4-5,8H2,1-3H3,(H2,14,16). The normalized spacial score (nSPS) is 10.2. The van der Waals surface area contributed by atoms with E-state index in [2.05, 4.69) is 5.32 Å². The monoisotopic (exact) mass is 252 g/mol. The number of ether oxygens (including phenoxy) is 2. The molecule has 5 nitrogen and oxygen atoms in total. The van der Waals surface area contributed by atoms with Crippen LogP contribution in [0.2, 0.25) is 0 Å². The van der Waals surface area contributed by atoms with Gasteiger partial charge in [-0.25, -0.2) is 0 Å². The fourth-order valence-corrected chi connectivity index (χ4v) is 1.80. The fourth-order valence-electron chi connectivity index (χ4n) is 1.80. The molecule has 0 saturated carbocycles. The highest BCUT2D eigenvalue weighted by molar-refractivity contribution is 5.75. The molecule has 0 aromatic heterocycles. The third kappa shape index (κ3) is 3.92. The molecule has 18 heavy (non-hydrogen) atoms. The molecule has 0 saturated heterocycles. The summed E-state index contributed by atoms with van der Waals surface area (Å²) in [6.07, 6.45) is 0.770. The minimum absolute atomic E-state index is 0.192. The first kappa shape index (κ1) is 14.3. The number of aryl methyl sites for hydroxylation is 1. The Hall–Kier alpha value is -1.75. The largest absolute Gasteiger partial charge is 0.497 e. The zero-order valence-corrected chi connectivity index (χ0v) is 11.1. The molecule has 100 valence electrons. The highest BCUT2D eigenvalue weighted by Gasteiger charge is 2.09. The van der Waals surface area contributed by atoms with Crippen molar-refractivity contribution in [1.29, 1.82) is 0 Å². The maximum Gasteiger partial charge on any atom is 0.231 e. The number of carbonyl (C=O) groups excluding carboxylic acids is 1. The van der Waals surface area contributed by atoms with Crippen molar-refractivity contribution < 1.29 is 14.3 Å². The van der Waals surface area contributed by atoms with Crippen molar-refractivity contribution in [2.24, 2.45) is 5.73 Å². The van der Waals surface area contributed by atoms with E-state index in [1.165, 1.54) is 0 Å². The van der Waals surface area contributed by atoms with Gasteiger partial charge in [0, 0.05) is 6.07 Å². The van der Waals surface area contributed by atoms with Gasteiger partial charge in [0.15, 0.2) is 0 Å². The predicted molar refractivity (Wildman–Crippen MR) is 70.1 cm³/mol. The molecule has 0 heterocycles. The van der Waals surface area contributed by atoms with E-state index in [1.54, 1.807) is 14.2 Å². The zero-order chi connectivity index (χ0) is 13.5. The molecule has 1 rings (SSSR count). The second kappa shape index (κ2) is 6.86. The van der Waals surface area contributed by atoms with E-state index in [9.17, 15) is 4.79 Å². The molecule has 0 aliphatic rings. The summed E-state index contributed by atoms with van der Waals surface area (Å²) in [7, 11) is 3.26. The smallest absolute Gasteiger partial charge is 0.231 e. The average molecular weight is 252 g/mol. The van der Waals surface area contributed by atoms with Crippen LogP contribution in [0.3, 0.4) is 0 Å². The van der Waals surface area contributed by atoms with E-state index in [-0.39, 0.29) is 12.5 Å². The van der Waals surface area contributed by atoms with Crippen molar-refractivity contribution in [1.82, 2.24) is 5.32 Å². The lowest BCUT2D eigenvalue weighted by Crippen LogP contribution is -2.30. The molecule has 0 bridgehead atoms. The minimum Gasteiger partial charge on any atom is -0.497 e. The van der Waals surface area contributed by atoms with Crippen LogP contribution in [0.5, 0.6) is 11.5 Å². The highest BCUT2D eigenvalue weighted by atomic mass is 16.5. The van der Waals surface area contributed by atoms with Crippen LogP contribution in [0.1, 0.15) is 11.1 Å². The molecule has 0 aliphatic heterocycles. The maximum absolute atomic E-state index is 10.6. The van der Waals surface area contributed by atoms with E-state index in [1.807, 2.05) is 19.1 Å². The van der Waals surface area contributed by atoms with Crippen LogP contribution < -0.4 is 20.5 Å². The van der Waals surface area contributed by atoms with Crippen LogP contribution in [0.15, 0.2) is 12.1 Å². The van der Waals surface area contributed by atoms with Crippen molar-refractivity contribution in [3.8, 4) is 11.5 Å². The van der Waals surface area contributed by atoms with E-state index in [4.69, 9.17) is 15.2 Å². The number of nitrogens with one attached hydrogen (secondary N) is 1. The van der Waals surface area contributed by atoms with Gasteiger partial charge in [0.2, 0.25) is 5.91 Å². The summed E-state index contributed by atoms with van der Waals surface area (Å²) in [6, 6.07) is 3.82. The second-order valence-electron chi connectivity index (χ2n) is 4.02. The third-order valence-corrected chi connectivity index (χ3v) is 2.71. The van der Waals surface area contributed by atoms with Gasteiger partial charge in [0.25, 0.3) is 0 Å². The predicted octanol–water partition coefficient (Wildman–Crippen LogP) is 0.630. The molecule has 0 fully saturated rings. The number of nitrogens with two attached hydrogens (primary N) is 1. The van der Waals surface area contributed by atoms with Gasteiger partial charge in [-0.15, -0.1) is 0 Å². The van der Waals surface area contributed by atoms with Crippen LogP contribution in [-0.2, 0) is 11.2 Å². The van der Waals surface area contributed by atoms with Gasteiger partial charge in [0.05, 0.1) is 20.8 Å². The SMILES string of the molecule is COc1cc(C)c(CCNCC(N)=O)c(OC)c1. The van der Waals surface area contributed by atoms with E-state index >= 15 is 0 Å². The lowest BCUT2D eigenvalue weighted by molar-refractivity contribution is -0.117. The topological polar surface area (TPSA) is 73.6 Å². The number of methoxy groups -OCH3 is 2. The average Bonchev–Trinajstić information content (AvgIpc) is 2.34. The molecule has 5 heteroatoms. The Morgan fingerprint density at radius 3 is 2.61 bits per heavy atom. The van der Waals surface area contributed by atoms with E-state index in [0.717, 1.165) is 29.0 Å². The van der Waals surface area contributed by atoms with Crippen molar-refractivity contribution in [2.75, 3.05) is 27.3 Å². The first-order valence-electron chi connectivity index (χ1n) is 5.79. The summed E-state index contributed by atoms with van der Waals surface area (Å²) >= 11 is 0. The van der Waals surface area contributed by atoms with Crippen LogP contribution in [0.4, 0.5) is 0 Å². The molecule has 1 aromatic rings. The van der Waals surface area contributed by atoms with Gasteiger partial charge in [0.1, 0.15) is 11.5 Å². The molecule has 0 radical (unpaired) electrons. The fraction of sp³-hybridized carbons (Fsp3) is 0.462. The van der Waals surface area contributed by atoms with Gasteiger partial charge < -0.3 is 20.5 Å². The summed E-state index contributed by atoms with van der Waals surface area (Å²) in [5.74, 6) is 1.22. The highest BCUT2D eigenvalue weighted by Crippen LogP contribution is 2.28. The van der Waals surface area contributed by atoms with E-state index in [0.29, 0.717) is 6.54 Å². The first-order chi connectivity index (χ1) is 8.58. The molecule has 1 amide bonds. The van der Waals surface area contributed by atoms with Crippen molar-refractivity contribution in [3.63, 3.8) is 0 Å². The number of amides is 1. The Bertz CT molecular complexity index is 419. The Kier molecular flexibility index (Phi) is 5.45. The quantitative estimate of drug-likeness (QED) is 0.698. The molecule has 3 N–H and O–H groups in total. The lowest BCUT2D eigenvalue weighted by atomic mass is 10.0. The third-order valence-electron chi connectivity index (χ3n) is 2.71. The summed E-state index contributed by atoms with van der Waals surface area (Å²) in [6.45, 7) is 2.87. The van der Waals surface area contributed by atoms with Gasteiger partial charge in [-0.3, -0.25) is 4.79 Å². The van der Waals surface area contributed by atoms with E-state index < -0.39 is 0 Å². The minimum atomic E-state index is -0.353. The molecular formula is C13H20N2O3. The van der Waals surface area contributed by atoms with Crippen molar-refractivity contribution in [3.05, 3.63) is 23.3 Å². The van der Waals surface area contributed by atoms with Gasteiger partial charge in [-0.1, -0.05) is 0 Å². The summed E-state index contributed by atoms with van der Waals surface area (Å²) in [5.41, 5.74) is 7.26. The first-order valence-corrected chi connectivity index (χ1v) is 5.79. The Morgan fingerprint density at radius 2 is 2.06 bits per heavy atom. The Balaban J connectivity index is 2.72. The van der Waals surface area contributed by atoms with Gasteiger partial charge in [-0.05, 0) is 37.1 Å². The summed E-state index contributed by atoms with van der Waals surface area (Å²) in [5, 5.41) is 2.98. The van der Waals surface area contributed by atoms with Gasteiger partial charge in [-0.2, -0.15) is 0 Å². The Morgan fingerprint density at radius 1 is 1.33 bits per heavy atom.